The van der Waals surface area contributed by atoms with E-state index in [-0.39, 0.29) is 24.0 Å². The number of hydrogen-bond donors (Lipinski definition) is 2. The van der Waals surface area contributed by atoms with Gasteiger partial charge in [-0.1, -0.05) is 0 Å². The van der Waals surface area contributed by atoms with Crippen molar-refractivity contribution in [2.45, 2.75) is 25.7 Å². The van der Waals surface area contributed by atoms with E-state index in [0.717, 1.165) is 3.57 Å². The number of hydroxylamine groups is 1. The number of pyridine rings is 1. The maximum atomic E-state index is 14.1. The van der Waals surface area contributed by atoms with Gasteiger partial charge in [-0.05, 0) is 76.6 Å². The first kappa shape index (κ1) is 21.4. The highest BCUT2D eigenvalue weighted by molar-refractivity contribution is 14.1. The van der Waals surface area contributed by atoms with Crippen molar-refractivity contribution in [1.82, 2.24) is 10.5 Å². The predicted octanol–water partition coefficient (Wildman–Crippen LogP) is 4.14. The molecule has 0 spiro atoms. The summed E-state index contributed by atoms with van der Waals surface area (Å²) in [6, 6.07) is 6.26. The molecule has 1 amide bonds. The van der Waals surface area contributed by atoms with Crippen molar-refractivity contribution in [1.29, 1.82) is 0 Å². The van der Waals surface area contributed by atoms with Gasteiger partial charge in [-0.2, -0.15) is 0 Å². The fraction of sp³-hybridized carbons (Fsp3) is 0.333. The zero-order chi connectivity index (χ0) is 20.3. The van der Waals surface area contributed by atoms with E-state index in [2.05, 4.69) is 31.7 Å². The van der Waals surface area contributed by atoms with Gasteiger partial charge < -0.3 is 14.8 Å². The molecule has 0 saturated carbocycles. The number of ether oxygens (including phenoxy) is 2. The zero-order valence-electron chi connectivity index (χ0n) is 15.1. The van der Waals surface area contributed by atoms with Crippen LogP contribution >= 0.6 is 38.5 Å². The zero-order valence-corrected chi connectivity index (χ0v) is 18.8. The third-order valence-corrected chi connectivity index (χ3v) is 4.92. The average Bonchev–Trinajstić information content (AvgIpc) is 2.97. The van der Waals surface area contributed by atoms with Crippen LogP contribution in [0, 0.1) is 9.39 Å². The maximum Gasteiger partial charge on any atom is 0.277 e. The molecule has 3 rings (SSSR count). The van der Waals surface area contributed by atoms with Gasteiger partial charge in [0.25, 0.3) is 5.91 Å². The minimum atomic E-state index is -0.664. The first-order chi connectivity index (χ1) is 13.2. The van der Waals surface area contributed by atoms with Crippen molar-refractivity contribution in [3.05, 3.63) is 50.0 Å². The van der Waals surface area contributed by atoms with E-state index in [4.69, 9.17) is 14.3 Å². The van der Waals surface area contributed by atoms with Gasteiger partial charge >= 0.3 is 0 Å². The van der Waals surface area contributed by atoms with Crippen molar-refractivity contribution >= 4 is 55.8 Å². The highest BCUT2D eigenvalue weighted by Crippen LogP contribution is 2.26. The standard InChI is InChI=1S/C18H18BrFIN3O4/c1-18(2)26-8-11(28-18)9-27-24-17(25)12-6-16(19)22-7-15(12)23-14-4-3-10(21)5-13(14)20/h3-7,11,23H,8-9H2,1-2H3,(H,24,25)/t11-/m1/s1. The molecule has 0 bridgehead atoms. The van der Waals surface area contributed by atoms with E-state index in [0.29, 0.717) is 16.9 Å². The Hall–Kier alpha value is -1.34. The number of hydrogen-bond acceptors (Lipinski definition) is 6. The number of aromatic nitrogens is 1. The quantitative estimate of drug-likeness (QED) is 0.311. The molecule has 1 aliphatic rings. The molecule has 10 heteroatoms. The second-order valence-electron chi connectivity index (χ2n) is 6.49. The fourth-order valence-electron chi connectivity index (χ4n) is 2.55. The van der Waals surface area contributed by atoms with Gasteiger partial charge in [-0.25, -0.2) is 14.9 Å². The Kier molecular flexibility index (Phi) is 6.86. The molecule has 1 fully saturated rings. The number of carbonyl (C=O) groups is 1. The van der Waals surface area contributed by atoms with Crippen LogP contribution in [-0.2, 0) is 14.3 Å². The van der Waals surface area contributed by atoms with Crippen molar-refractivity contribution in [3.8, 4) is 0 Å². The summed E-state index contributed by atoms with van der Waals surface area (Å²) < 4.78 is 26.4. The SMILES string of the molecule is CC1(C)OC[C@H](CONC(=O)c2cc(Br)ncc2Nc2ccc(I)cc2F)O1. The third-order valence-electron chi connectivity index (χ3n) is 3.82. The van der Waals surface area contributed by atoms with Crippen LogP contribution < -0.4 is 10.8 Å². The number of nitrogens with zero attached hydrogens (tertiary/aromatic N) is 1. The summed E-state index contributed by atoms with van der Waals surface area (Å²) in [5.74, 6) is -1.60. The van der Waals surface area contributed by atoms with Crippen molar-refractivity contribution in [2.75, 3.05) is 18.5 Å². The first-order valence-corrected chi connectivity index (χ1v) is 10.2. The molecule has 1 atom stereocenters. The largest absolute Gasteiger partial charge is 0.351 e. The van der Waals surface area contributed by atoms with E-state index in [1.54, 1.807) is 12.1 Å². The minimum Gasteiger partial charge on any atom is -0.351 e. The Morgan fingerprint density at radius 1 is 1.43 bits per heavy atom. The van der Waals surface area contributed by atoms with Gasteiger partial charge in [0.2, 0.25) is 0 Å². The Bertz CT molecular complexity index is 884. The summed E-state index contributed by atoms with van der Waals surface area (Å²) in [4.78, 5) is 21.9. The fourth-order valence-corrected chi connectivity index (χ4v) is 3.34. The smallest absolute Gasteiger partial charge is 0.277 e. The lowest BCUT2D eigenvalue weighted by atomic mass is 10.2. The maximum absolute atomic E-state index is 14.1. The topological polar surface area (TPSA) is 81.7 Å². The van der Waals surface area contributed by atoms with Gasteiger partial charge in [0.1, 0.15) is 23.1 Å². The average molecular weight is 566 g/mol. The van der Waals surface area contributed by atoms with Crippen molar-refractivity contribution in [2.24, 2.45) is 0 Å². The number of halogens is 3. The number of anilines is 2. The molecule has 2 heterocycles. The lowest BCUT2D eigenvalue weighted by molar-refractivity contribution is -0.147. The summed E-state index contributed by atoms with van der Waals surface area (Å²) in [5.41, 5.74) is 3.19. The van der Waals surface area contributed by atoms with Gasteiger partial charge in [0.15, 0.2) is 5.79 Å². The lowest BCUT2D eigenvalue weighted by Crippen LogP contribution is -2.31. The first-order valence-electron chi connectivity index (χ1n) is 8.35. The van der Waals surface area contributed by atoms with Gasteiger partial charge in [-0.3, -0.25) is 9.63 Å². The lowest BCUT2D eigenvalue weighted by Gasteiger charge is -2.17. The minimum absolute atomic E-state index is 0.135. The van der Waals surface area contributed by atoms with E-state index >= 15 is 0 Å². The van der Waals surface area contributed by atoms with Crippen LogP contribution in [0.3, 0.4) is 0 Å². The molecule has 1 aliphatic heterocycles. The normalized spacial score (nSPS) is 18.1. The van der Waals surface area contributed by atoms with E-state index < -0.39 is 17.5 Å². The van der Waals surface area contributed by atoms with E-state index in [1.165, 1.54) is 18.3 Å². The van der Waals surface area contributed by atoms with Crippen LogP contribution in [0.1, 0.15) is 24.2 Å². The highest BCUT2D eigenvalue weighted by Gasteiger charge is 2.32. The predicted molar refractivity (Wildman–Crippen MR) is 113 cm³/mol. The van der Waals surface area contributed by atoms with Crippen LogP contribution in [0.2, 0.25) is 0 Å². The third kappa shape index (κ3) is 5.60. The molecule has 1 aromatic heterocycles. The number of rotatable bonds is 6. The molecule has 1 aromatic carbocycles. The summed E-state index contributed by atoms with van der Waals surface area (Å²) >= 11 is 5.26. The molecule has 28 heavy (non-hydrogen) atoms. The van der Waals surface area contributed by atoms with Crippen LogP contribution in [-0.4, -0.2) is 36.0 Å². The Morgan fingerprint density at radius 2 is 2.21 bits per heavy atom. The molecule has 0 unspecified atom stereocenters. The van der Waals surface area contributed by atoms with Gasteiger partial charge in [-0.15, -0.1) is 0 Å². The Morgan fingerprint density at radius 3 is 2.89 bits per heavy atom. The molecule has 150 valence electrons. The van der Waals surface area contributed by atoms with Gasteiger partial charge in [0, 0.05) is 3.57 Å². The Labute approximate surface area is 183 Å². The molecule has 2 aromatic rings. The summed E-state index contributed by atoms with van der Waals surface area (Å²) in [5, 5.41) is 2.90. The molecule has 0 radical (unpaired) electrons. The highest BCUT2D eigenvalue weighted by atomic mass is 127. The second kappa shape index (κ2) is 8.99. The van der Waals surface area contributed by atoms with Gasteiger partial charge in [0.05, 0.1) is 29.7 Å². The van der Waals surface area contributed by atoms with Crippen LogP contribution in [0.15, 0.2) is 35.1 Å². The number of carbonyl (C=O) groups excluding carboxylic acids is 1. The molecule has 1 saturated heterocycles. The number of benzene rings is 1. The summed E-state index contributed by atoms with van der Waals surface area (Å²) in [6.07, 6.45) is 1.16. The van der Waals surface area contributed by atoms with Crippen LogP contribution in [0.25, 0.3) is 0 Å². The van der Waals surface area contributed by atoms with Crippen LogP contribution in [0.5, 0.6) is 0 Å². The monoisotopic (exact) mass is 565 g/mol. The van der Waals surface area contributed by atoms with Crippen molar-refractivity contribution < 1.29 is 23.5 Å². The molecular formula is C18H18BrFIN3O4. The Balaban J connectivity index is 1.67. The molecule has 7 nitrogen and oxygen atoms in total. The molecule has 2 N–H and O–H groups in total. The van der Waals surface area contributed by atoms with E-state index in [9.17, 15) is 9.18 Å². The molecular weight excluding hydrogens is 548 g/mol. The van der Waals surface area contributed by atoms with E-state index in [1.807, 2.05) is 36.4 Å². The summed E-state index contributed by atoms with van der Waals surface area (Å²) in [6.45, 7) is 4.13. The number of amides is 1. The molecule has 0 aliphatic carbocycles. The number of nitrogens with one attached hydrogen (secondary N) is 2. The summed E-state index contributed by atoms with van der Waals surface area (Å²) in [7, 11) is 0. The van der Waals surface area contributed by atoms with Crippen molar-refractivity contribution in [3.63, 3.8) is 0 Å². The second-order valence-corrected chi connectivity index (χ2v) is 8.55. The van der Waals surface area contributed by atoms with Crippen LogP contribution in [0.4, 0.5) is 15.8 Å².